The molecule has 0 fully saturated rings. The number of nitrogens with one attached hydrogen (secondary N) is 1. The number of aliphatic hydroxyl groups excluding tert-OH is 1. The number of carbonyl (C=O) groups excluding carboxylic acids is 1. The summed E-state index contributed by atoms with van der Waals surface area (Å²) in [4.78, 5) is 17.5. The summed E-state index contributed by atoms with van der Waals surface area (Å²) in [5, 5.41) is 40.5. The van der Waals surface area contributed by atoms with Gasteiger partial charge in [-0.15, -0.1) is 0 Å². The number of nitrogen functional groups attached to an aromatic ring is 1. The highest BCUT2D eigenvalue weighted by Crippen LogP contribution is 2.38. The minimum Gasteiger partial charge on any atom is -0.388 e. The van der Waals surface area contributed by atoms with Gasteiger partial charge < -0.3 is 36.3 Å². The maximum atomic E-state index is 13.4. The molecule has 0 saturated heterocycles. The lowest BCUT2D eigenvalue weighted by molar-refractivity contribution is -0.329. The predicted molar refractivity (Wildman–Crippen MR) is 128 cm³/mol. The Balaban J connectivity index is 0.000000304. The highest BCUT2D eigenvalue weighted by molar-refractivity contribution is 5.87. The van der Waals surface area contributed by atoms with E-state index in [0.717, 1.165) is 11.8 Å². The number of nitrogens with two attached hydrogens (primary N) is 1. The van der Waals surface area contributed by atoms with Crippen molar-refractivity contribution in [1.29, 1.82) is 0 Å². The fraction of sp³-hybridized carbons (Fsp3) is 0.208. The van der Waals surface area contributed by atoms with E-state index in [4.69, 9.17) is 10.8 Å². The molecule has 2 aromatic heterocycles. The predicted octanol–water partition coefficient (Wildman–Crippen LogP) is 2.49. The zero-order valence-corrected chi connectivity index (χ0v) is 19.9. The van der Waals surface area contributed by atoms with Crippen LogP contribution in [0.15, 0.2) is 48.7 Å². The lowest BCUT2D eigenvalue weighted by Crippen LogP contribution is -2.29. The molecule has 2 heterocycles. The van der Waals surface area contributed by atoms with E-state index >= 15 is 0 Å². The average molecular weight is 537 g/mol. The molecule has 38 heavy (non-hydrogen) atoms. The van der Waals surface area contributed by atoms with Crippen LogP contribution in [-0.4, -0.2) is 48.1 Å². The number of carbonyl (C=O) groups is 1. The Hall–Kier alpha value is -4.11. The smallest absolute Gasteiger partial charge is 0.388 e. The third-order valence-corrected chi connectivity index (χ3v) is 5.37. The van der Waals surface area contributed by atoms with Gasteiger partial charge in [0.1, 0.15) is 34.6 Å². The molecule has 7 N–H and O–H groups in total. The molecule has 1 atom stereocenters. The Morgan fingerprint density at radius 2 is 1.82 bits per heavy atom. The minimum atomic E-state index is -4.91. The Bertz CT molecular complexity index is 1470. The summed E-state index contributed by atoms with van der Waals surface area (Å²) < 4.78 is 53.1. The molecule has 0 radical (unpaired) electrons. The SMILES string of the molecule is CNc1ccc(-c2nc(C(O)(O)O)n3c(C(F)(F)F)cnc(N)c23)c(C)c1.O=CC(O)c1cccc(F)c1. The van der Waals surface area contributed by atoms with Crippen molar-refractivity contribution in [1.82, 2.24) is 14.4 Å². The van der Waals surface area contributed by atoms with Crippen molar-refractivity contribution in [3.05, 3.63) is 77.1 Å². The summed E-state index contributed by atoms with van der Waals surface area (Å²) in [5.41, 5.74) is 6.06. The van der Waals surface area contributed by atoms with Gasteiger partial charge in [0.25, 0.3) is 0 Å². The van der Waals surface area contributed by atoms with Gasteiger partial charge in [0.2, 0.25) is 5.82 Å². The van der Waals surface area contributed by atoms with Crippen molar-refractivity contribution in [2.45, 2.75) is 25.2 Å². The van der Waals surface area contributed by atoms with Gasteiger partial charge in [-0.3, -0.25) is 4.40 Å². The molecule has 0 aliphatic rings. The van der Waals surface area contributed by atoms with Gasteiger partial charge in [0.05, 0.1) is 6.20 Å². The first-order valence-corrected chi connectivity index (χ1v) is 10.8. The number of benzene rings is 2. The van der Waals surface area contributed by atoms with Crippen molar-refractivity contribution in [3.8, 4) is 11.3 Å². The number of aldehydes is 1. The summed E-state index contributed by atoms with van der Waals surface area (Å²) in [5.74, 6) is -5.46. The third kappa shape index (κ3) is 5.89. The van der Waals surface area contributed by atoms with Gasteiger partial charge >= 0.3 is 12.1 Å². The number of hydrogen-bond donors (Lipinski definition) is 6. The maximum Gasteiger partial charge on any atom is 0.433 e. The van der Waals surface area contributed by atoms with E-state index in [1.807, 2.05) is 0 Å². The van der Waals surface area contributed by atoms with E-state index in [1.165, 1.54) is 18.2 Å². The molecular weight excluding hydrogens is 514 g/mol. The Morgan fingerprint density at radius 1 is 1.13 bits per heavy atom. The Morgan fingerprint density at radius 3 is 2.34 bits per heavy atom. The van der Waals surface area contributed by atoms with Crippen molar-refractivity contribution < 1.29 is 42.8 Å². The average Bonchev–Trinajstić information content (AvgIpc) is 3.25. The number of anilines is 2. The minimum absolute atomic E-state index is 0.0808. The molecule has 0 amide bonds. The third-order valence-electron chi connectivity index (χ3n) is 5.37. The zero-order valence-electron chi connectivity index (χ0n) is 19.9. The van der Waals surface area contributed by atoms with Crippen LogP contribution in [-0.2, 0) is 16.9 Å². The number of nitrogens with zero attached hydrogens (tertiary/aromatic N) is 3. The van der Waals surface area contributed by atoms with Crippen LogP contribution >= 0.6 is 0 Å². The summed E-state index contributed by atoms with van der Waals surface area (Å²) in [6, 6.07) is 10.3. The number of rotatable bonds is 5. The van der Waals surface area contributed by atoms with Gasteiger partial charge in [-0.05, 0) is 42.3 Å². The fourth-order valence-corrected chi connectivity index (χ4v) is 3.61. The lowest BCUT2D eigenvalue weighted by atomic mass is 10.0. The highest BCUT2D eigenvalue weighted by atomic mass is 19.4. The van der Waals surface area contributed by atoms with E-state index in [9.17, 15) is 37.7 Å². The maximum absolute atomic E-state index is 13.4. The highest BCUT2D eigenvalue weighted by Gasteiger charge is 2.40. The first-order chi connectivity index (χ1) is 17.7. The molecular formula is C24H23F4N5O5. The van der Waals surface area contributed by atoms with Crippen molar-refractivity contribution in [2.75, 3.05) is 18.1 Å². The van der Waals surface area contributed by atoms with Crippen LogP contribution in [0.4, 0.5) is 29.1 Å². The van der Waals surface area contributed by atoms with E-state index < -0.39 is 35.6 Å². The van der Waals surface area contributed by atoms with Gasteiger partial charge in [0, 0.05) is 18.3 Å². The van der Waals surface area contributed by atoms with E-state index in [1.54, 1.807) is 32.2 Å². The summed E-state index contributed by atoms with van der Waals surface area (Å²) in [6.45, 7) is 1.70. The van der Waals surface area contributed by atoms with Crippen molar-refractivity contribution in [3.63, 3.8) is 0 Å². The van der Waals surface area contributed by atoms with Crippen LogP contribution < -0.4 is 11.1 Å². The summed E-state index contributed by atoms with van der Waals surface area (Å²) >= 11 is 0. The molecule has 10 nitrogen and oxygen atoms in total. The first-order valence-electron chi connectivity index (χ1n) is 10.8. The van der Waals surface area contributed by atoms with Crippen LogP contribution in [0.2, 0.25) is 0 Å². The molecule has 4 aromatic rings. The van der Waals surface area contributed by atoms with Crippen LogP contribution in [0.25, 0.3) is 16.8 Å². The van der Waals surface area contributed by atoms with Crippen LogP contribution in [0, 0.1) is 12.7 Å². The molecule has 1 unspecified atom stereocenters. The molecule has 202 valence electrons. The lowest BCUT2D eigenvalue weighted by Gasteiger charge is -2.16. The Labute approximate surface area is 212 Å². The molecule has 14 heteroatoms. The monoisotopic (exact) mass is 537 g/mol. The second-order valence-corrected chi connectivity index (χ2v) is 8.05. The second-order valence-electron chi connectivity index (χ2n) is 8.05. The van der Waals surface area contributed by atoms with Crippen molar-refractivity contribution >= 4 is 23.3 Å². The molecule has 0 aliphatic carbocycles. The second kappa shape index (κ2) is 10.7. The first kappa shape index (κ1) is 28.5. The van der Waals surface area contributed by atoms with Crippen molar-refractivity contribution in [2.24, 2.45) is 0 Å². The summed E-state index contributed by atoms with van der Waals surface area (Å²) in [6.07, 6.45) is -5.35. The number of aryl methyl sites for hydroxylation is 1. The molecule has 4 rings (SSSR count). The number of alkyl halides is 3. The molecule has 2 aromatic carbocycles. The number of imidazole rings is 1. The molecule has 0 saturated carbocycles. The molecule has 0 bridgehead atoms. The number of aliphatic hydroxyl groups is 4. The van der Waals surface area contributed by atoms with Crippen LogP contribution in [0.5, 0.6) is 0 Å². The quantitative estimate of drug-likeness (QED) is 0.127. The Kier molecular flexibility index (Phi) is 8.02. The van der Waals surface area contributed by atoms with Gasteiger partial charge in [-0.25, -0.2) is 14.4 Å². The van der Waals surface area contributed by atoms with E-state index in [-0.39, 0.29) is 22.6 Å². The number of hydrogen-bond acceptors (Lipinski definition) is 9. The fourth-order valence-electron chi connectivity index (χ4n) is 3.61. The van der Waals surface area contributed by atoms with E-state index in [0.29, 0.717) is 28.0 Å². The zero-order chi connectivity index (χ0) is 28.4. The van der Waals surface area contributed by atoms with Gasteiger partial charge in [-0.1, -0.05) is 18.2 Å². The standard InChI is InChI=1S/C16H16F3N5O3.C8H7FO2/c1-7-5-8(21-2)3-4-9(7)11-12-13(20)22-6-10(15(17,18)19)24(12)14(23-11)16(25,26)27;9-7-3-1-2-6(4-7)8(11)5-10/h3-6,21,25-27H,1-2H3,(H2,20,22);1-5,8,11H. The topological polar surface area (TPSA) is 166 Å². The van der Waals surface area contributed by atoms with Gasteiger partial charge in [-0.2, -0.15) is 13.2 Å². The number of aromatic nitrogens is 3. The number of fused-ring (bicyclic) bond motifs is 1. The van der Waals surface area contributed by atoms with Crippen LogP contribution in [0.1, 0.15) is 28.7 Å². The molecule has 0 spiro atoms. The largest absolute Gasteiger partial charge is 0.433 e. The van der Waals surface area contributed by atoms with Crippen LogP contribution in [0.3, 0.4) is 0 Å². The summed E-state index contributed by atoms with van der Waals surface area (Å²) in [7, 11) is 1.70. The normalized spacial score (nSPS) is 12.6. The molecule has 0 aliphatic heterocycles. The number of halogens is 4. The van der Waals surface area contributed by atoms with E-state index in [2.05, 4.69) is 15.3 Å². The van der Waals surface area contributed by atoms with Gasteiger partial charge in [0.15, 0.2) is 6.29 Å².